The van der Waals surface area contributed by atoms with Crippen LogP contribution in [0.2, 0.25) is 11.6 Å². The maximum atomic E-state index is 12.1. The molecule has 0 aliphatic carbocycles. The summed E-state index contributed by atoms with van der Waals surface area (Å²) in [5.74, 6) is 0.895. The van der Waals surface area contributed by atoms with Gasteiger partial charge in [0.25, 0.3) is 5.97 Å². The van der Waals surface area contributed by atoms with E-state index in [0.29, 0.717) is 11.6 Å². The third kappa shape index (κ3) is 1.71. The smallest absolute Gasteiger partial charge is 0.273 e. The minimum Gasteiger partial charge on any atom is -0.673 e. The van der Waals surface area contributed by atoms with E-state index in [1.54, 1.807) is 0 Å². The zero-order valence-electron chi connectivity index (χ0n) is 11.1. The summed E-state index contributed by atoms with van der Waals surface area (Å²) in [5, 5.41) is 12.8. The zero-order chi connectivity index (χ0) is 12.8. The van der Waals surface area contributed by atoms with Crippen molar-refractivity contribution in [3.05, 3.63) is 0 Å². The van der Waals surface area contributed by atoms with E-state index in [9.17, 15) is 9.90 Å². The summed E-state index contributed by atoms with van der Waals surface area (Å²) in [4.78, 5) is 12.1. The quantitative estimate of drug-likeness (QED) is 0.734. The highest BCUT2D eigenvalue weighted by molar-refractivity contribution is 6.77. The lowest BCUT2D eigenvalue weighted by atomic mass is 9.28. The SMILES string of the molecule is C[C@@H](CO)[C@H]1N[B-]2(OC1=O)C1CCCC2CCC1. The maximum absolute atomic E-state index is 12.1. The number of nitrogens with one attached hydrogen (secondary N) is 1. The monoisotopic (exact) mass is 252 g/mol. The van der Waals surface area contributed by atoms with Gasteiger partial charge in [-0.15, -0.1) is 11.6 Å². The summed E-state index contributed by atoms with van der Waals surface area (Å²) in [7, 11) is 0. The van der Waals surface area contributed by atoms with E-state index in [4.69, 9.17) is 4.65 Å². The molecule has 3 fully saturated rings. The molecule has 5 heteroatoms. The van der Waals surface area contributed by atoms with Crippen molar-refractivity contribution < 1.29 is 14.6 Å². The first-order valence-electron chi connectivity index (χ1n) is 7.44. The first-order chi connectivity index (χ1) is 8.67. The van der Waals surface area contributed by atoms with E-state index in [2.05, 4.69) is 5.23 Å². The van der Waals surface area contributed by atoms with Crippen molar-refractivity contribution in [1.29, 1.82) is 0 Å². The van der Waals surface area contributed by atoms with Crippen molar-refractivity contribution in [3.8, 4) is 0 Å². The van der Waals surface area contributed by atoms with Crippen LogP contribution in [-0.4, -0.2) is 30.2 Å². The number of carbonyl (C=O) groups is 1. The molecule has 0 aromatic carbocycles. The van der Waals surface area contributed by atoms with Gasteiger partial charge in [0.15, 0.2) is 0 Å². The lowest BCUT2D eigenvalue weighted by Crippen LogP contribution is -2.61. The van der Waals surface area contributed by atoms with Gasteiger partial charge in [-0.05, 0) is 0 Å². The van der Waals surface area contributed by atoms with E-state index in [1.807, 2.05) is 6.92 Å². The van der Waals surface area contributed by atoms with Gasteiger partial charge in [-0.25, -0.2) is 0 Å². The Balaban J connectivity index is 1.85. The molecule has 2 N–H and O–H groups in total. The van der Waals surface area contributed by atoms with E-state index in [-0.39, 0.29) is 24.5 Å². The molecule has 1 spiro atoms. The van der Waals surface area contributed by atoms with Crippen molar-refractivity contribution in [3.63, 3.8) is 0 Å². The van der Waals surface area contributed by atoms with Crippen LogP contribution in [0.25, 0.3) is 0 Å². The van der Waals surface area contributed by atoms with E-state index in [1.165, 1.54) is 38.5 Å². The number of carbonyl (C=O) groups excluding carboxylic acids is 1. The Hall–Kier alpha value is -0.545. The van der Waals surface area contributed by atoms with Crippen LogP contribution in [0.15, 0.2) is 0 Å². The molecule has 0 saturated carbocycles. The van der Waals surface area contributed by atoms with Gasteiger partial charge in [0.1, 0.15) is 0 Å². The number of hydrogen-bond donors (Lipinski definition) is 2. The highest BCUT2D eigenvalue weighted by atomic mass is 16.5. The Bertz CT molecular complexity index is 327. The fourth-order valence-electron chi connectivity index (χ4n) is 4.56. The van der Waals surface area contributed by atoms with Crippen LogP contribution in [0.3, 0.4) is 0 Å². The summed E-state index contributed by atoms with van der Waals surface area (Å²) in [6.45, 7) is 0.788. The van der Waals surface area contributed by atoms with Gasteiger partial charge in [0.05, 0.1) is 6.04 Å². The average Bonchev–Trinajstić information content (AvgIpc) is 2.66. The van der Waals surface area contributed by atoms with Gasteiger partial charge in [-0.3, -0.25) is 4.79 Å². The first-order valence-corrected chi connectivity index (χ1v) is 7.44. The Morgan fingerprint density at radius 2 is 1.89 bits per heavy atom. The number of rotatable bonds is 2. The minimum absolute atomic E-state index is 0.0360. The molecule has 0 amide bonds. The molecular formula is C13H23BNO3-. The van der Waals surface area contributed by atoms with Gasteiger partial charge in [0.2, 0.25) is 6.48 Å². The number of hydrogen-bond acceptors (Lipinski definition) is 4. The Kier molecular flexibility index (Phi) is 3.14. The molecule has 18 heavy (non-hydrogen) atoms. The van der Waals surface area contributed by atoms with Gasteiger partial charge in [0, 0.05) is 12.5 Å². The van der Waals surface area contributed by atoms with Gasteiger partial charge < -0.3 is 15.0 Å². The summed E-state index contributed by atoms with van der Waals surface area (Å²) in [6.07, 6.45) is 7.32. The zero-order valence-corrected chi connectivity index (χ0v) is 11.1. The second-order valence-electron chi connectivity index (χ2n) is 6.54. The summed E-state index contributed by atoms with van der Waals surface area (Å²) in [6, 6.07) is -0.295. The average molecular weight is 252 g/mol. The molecule has 3 aliphatic heterocycles. The molecule has 3 heterocycles. The topological polar surface area (TPSA) is 58.6 Å². The van der Waals surface area contributed by atoms with Gasteiger partial charge in [-0.2, -0.15) is 0 Å². The minimum atomic E-state index is -1.16. The molecular weight excluding hydrogens is 229 g/mol. The van der Waals surface area contributed by atoms with Crippen LogP contribution >= 0.6 is 0 Å². The molecule has 2 atom stereocenters. The molecule has 102 valence electrons. The van der Waals surface area contributed by atoms with Crippen molar-refractivity contribution in [2.45, 2.75) is 63.1 Å². The largest absolute Gasteiger partial charge is 0.673 e. The summed E-state index contributed by atoms with van der Waals surface area (Å²) in [5.41, 5.74) is 0. The van der Waals surface area contributed by atoms with Crippen LogP contribution in [-0.2, 0) is 9.45 Å². The molecule has 3 aliphatic rings. The molecule has 0 unspecified atom stereocenters. The van der Waals surface area contributed by atoms with Crippen LogP contribution in [0, 0.1) is 5.92 Å². The van der Waals surface area contributed by atoms with Crippen molar-refractivity contribution in [2.75, 3.05) is 6.61 Å². The lowest BCUT2D eigenvalue weighted by molar-refractivity contribution is -0.136. The highest BCUT2D eigenvalue weighted by Gasteiger charge is 2.53. The second-order valence-corrected chi connectivity index (χ2v) is 6.54. The third-order valence-corrected chi connectivity index (χ3v) is 5.56. The molecule has 3 saturated heterocycles. The number of aliphatic hydroxyl groups excluding tert-OH is 1. The maximum Gasteiger partial charge on any atom is 0.273 e. The normalized spacial score (nSPS) is 45.0. The molecule has 0 aromatic heterocycles. The fourth-order valence-corrected chi connectivity index (χ4v) is 4.56. The Morgan fingerprint density at radius 1 is 1.33 bits per heavy atom. The van der Waals surface area contributed by atoms with Crippen molar-refractivity contribution in [1.82, 2.24) is 5.23 Å². The van der Waals surface area contributed by atoms with Gasteiger partial charge in [-0.1, -0.05) is 45.4 Å². The summed E-state index contributed by atoms with van der Waals surface area (Å²) >= 11 is 0. The Morgan fingerprint density at radius 3 is 2.39 bits per heavy atom. The van der Waals surface area contributed by atoms with Crippen LogP contribution in [0.5, 0.6) is 0 Å². The lowest BCUT2D eigenvalue weighted by Gasteiger charge is -2.55. The fraction of sp³-hybridized carbons (Fsp3) is 0.923. The Labute approximate surface area is 108 Å². The van der Waals surface area contributed by atoms with E-state index in [0.717, 1.165) is 0 Å². The number of aliphatic hydroxyl groups is 1. The molecule has 0 radical (unpaired) electrons. The second kappa shape index (κ2) is 4.53. The first kappa shape index (κ1) is 12.5. The predicted octanol–water partition coefficient (Wildman–Crippen LogP) is 1.68. The van der Waals surface area contributed by atoms with Crippen LogP contribution in [0.1, 0.15) is 45.4 Å². The van der Waals surface area contributed by atoms with Crippen molar-refractivity contribution >= 4 is 12.5 Å². The molecule has 4 nitrogen and oxygen atoms in total. The third-order valence-electron chi connectivity index (χ3n) is 5.56. The van der Waals surface area contributed by atoms with Crippen LogP contribution in [0.4, 0.5) is 0 Å². The van der Waals surface area contributed by atoms with Crippen LogP contribution < -0.4 is 5.23 Å². The predicted molar refractivity (Wildman–Crippen MR) is 70.2 cm³/mol. The molecule has 0 aromatic rings. The molecule has 3 rings (SSSR count). The van der Waals surface area contributed by atoms with Crippen molar-refractivity contribution in [2.24, 2.45) is 5.92 Å². The van der Waals surface area contributed by atoms with E-state index >= 15 is 0 Å². The van der Waals surface area contributed by atoms with Gasteiger partial charge >= 0.3 is 0 Å². The van der Waals surface area contributed by atoms with E-state index < -0.39 is 6.48 Å². The summed E-state index contributed by atoms with van der Waals surface area (Å²) < 4.78 is 5.89. The molecule has 2 bridgehead atoms. The highest BCUT2D eigenvalue weighted by Crippen LogP contribution is 2.53. The standard InChI is InChI=1S/C13H23BNO3/c1-9(8-16)12-13(17)18-14(15-12)10-4-2-5-11(14)7-3-6-10/h9-12,15-16H,2-8H2,1H3/q-1/t9-,10?,11?,12+,14?/m0/s1.